The smallest absolute Gasteiger partial charge is 0.331 e. The highest BCUT2D eigenvalue weighted by atomic mass is 16.5. The number of ether oxygens (including phenoxy) is 1. The van der Waals surface area contributed by atoms with Gasteiger partial charge in [0.25, 0.3) is 5.56 Å². The third kappa shape index (κ3) is 3.06. The molecule has 1 aromatic heterocycles. The van der Waals surface area contributed by atoms with E-state index in [1.165, 1.54) is 11.6 Å². The summed E-state index contributed by atoms with van der Waals surface area (Å²) < 4.78 is 7.86. The molecule has 0 saturated carbocycles. The van der Waals surface area contributed by atoms with Crippen LogP contribution >= 0.6 is 0 Å². The molecule has 0 atom stereocenters. The molecular weight excluding hydrogens is 332 g/mol. The van der Waals surface area contributed by atoms with Crippen LogP contribution in [0.5, 0.6) is 5.75 Å². The second-order valence-electron chi connectivity index (χ2n) is 6.09. The minimum Gasteiger partial charge on any atom is -0.494 e. The standard InChI is InChI=1S/C20H20N2O4/c1-4-26-18-10-9-14(11-13(18)2)17(23)12-22-16-8-6-5-7-15(16)19(24)21(3)20(22)25/h5-11H,4,12H2,1-3H3. The van der Waals surface area contributed by atoms with Crippen molar-refractivity contribution in [3.05, 3.63) is 74.4 Å². The number of benzene rings is 2. The number of hydrogen-bond donors (Lipinski definition) is 0. The van der Waals surface area contributed by atoms with Gasteiger partial charge in [0.15, 0.2) is 5.78 Å². The minimum absolute atomic E-state index is 0.138. The molecule has 26 heavy (non-hydrogen) atoms. The fourth-order valence-electron chi connectivity index (χ4n) is 2.97. The zero-order valence-electron chi connectivity index (χ0n) is 15.0. The molecule has 1 heterocycles. The Morgan fingerprint density at radius 2 is 1.85 bits per heavy atom. The molecular formula is C20H20N2O4. The van der Waals surface area contributed by atoms with Gasteiger partial charge in [0.2, 0.25) is 0 Å². The van der Waals surface area contributed by atoms with E-state index in [0.717, 1.165) is 15.9 Å². The molecule has 0 N–H and O–H groups in total. The molecule has 3 aromatic rings. The van der Waals surface area contributed by atoms with Gasteiger partial charge in [-0.3, -0.25) is 18.7 Å². The lowest BCUT2D eigenvalue weighted by Gasteiger charge is -2.12. The highest BCUT2D eigenvalue weighted by Crippen LogP contribution is 2.20. The van der Waals surface area contributed by atoms with Gasteiger partial charge < -0.3 is 4.74 Å². The van der Waals surface area contributed by atoms with Gasteiger partial charge in [0.05, 0.1) is 24.1 Å². The van der Waals surface area contributed by atoms with Crippen LogP contribution in [-0.4, -0.2) is 21.5 Å². The fourth-order valence-corrected chi connectivity index (χ4v) is 2.97. The predicted octanol–water partition coefficient (Wildman–Crippen LogP) is 2.29. The van der Waals surface area contributed by atoms with E-state index >= 15 is 0 Å². The summed E-state index contributed by atoms with van der Waals surface area (Å²) in [5.74, 6) is 0.524. The van der Waals surface area contributed by atoms with Crippen LogP contribution in [0.2, 0.25) is 0 Å². The first kappa shape index (κ1) is 17.7. The van der Waals surface area contributed by atoms with Crippen molar-refractivity contribution in [1.82, 2.24) is 9.13 Å². The number of Topliss-reactive ketones (excluding diaryl/α,β-unsaturated/α-hetero) is 1. The lowest BCUT2D eigenvalue weighted by atomic mass is 10.1. The summed E-state index contributed by atoms with van der Waals surface area (Å²) in [6.07, 6.45) is 0. The first-order valence-electron chi connectivity index (χ1n) is 8.39. The van der Waals surface area contributed by atoms with Crippen LogP contribution < -0.4 is 16.0 Å². The normalized spacial score (nSPS) is 10.9. The van der Waals surface area contributed by atoms with Crippen molar-refractivity contribution >= 4 is 16.7 Å². The third-order valence-corrected chi connectivity index (χ3v) is 4.35. The number of carbonyl (C=O) groups is 1. The molecule has 0 spiro atoms. The molecule has 0 amide bonds. The van der Waals surface area contributed by atoms with Gasteiger partial charge in [-0.1, -0.05) is 12.1 Å². The molecule has 2 aromatic carbocycles. The Balaban J connectivity index is 2.04. The highest BCUT2D eigenvalue weighted by Gasteiger charge is 2.15. The maximum atomic E-state index is 12.7. The second kappa shape index (κ2) is 7.00. The predicted molar refractivity (Wildman–Crippen MR) is 100 cm³/mol. The van der Waals surface area contributed by atoms with E-state index in [-0.39, 0.29) is 17.9 Å². The quantitative estimate of drug-likeness (QED) is 0.661. The Labute approximate surface area is 150 Å². The zero-order valence-corrected chi connectivity index (χ0v) is 15.0. The second-order valence-corrected chi connectivity index (χ2v) is 6.09. The summed E-state index contributed by atoms with van der Waals surface area (Å²) in [7, 11) is 1.42. The molecule has 0 saturated heterocycles. The van der Waals surface area contributed by atoms with Gasteiger partial charge in [0, 0.05) is 12.6 Å². The fraction of sp³-hybridized carbons (Fsp3) is 0.250. The molecule has 6 nitrogen and oxygen atoms in total. The summed E-state index contributed by atoms with van der Waals surface area (Å²) in [6, 6.07) is 12.0. The third-order valence-electron chi connectivity index (χ3n) is 4.35. The Morgan fingerprint density at radius 1 is 1.12 bits per heavy atom. The number of fused-ring (bicyclic) bond motifs is 1. The van der Waals surface area contributed by atoms with E-state index in [1.54, 1.807) is 42.5 Å². The Kier molecular flexibility index (Phi) is 4.75. The van der Waals surface area contributed by atoms with E-state index < -0.39 is 5.69 Å². The van der Waals surface area contributed by atoms with Crippen molar-refractivity contribution in [3.63, 3.8) is 0 Å². The highest BCUT2D eigenvalue weighted by molar-refractivity contribution is 5.97. The summed E-state index contributed by atoms with van der Waals surface area (Å²) in [6.45, 7) is 4.18. The SMILES string of the molecule is CCOc1ccc(C(=O)Cn2c(=O)n(C)c(=O)c3ccccc32)cc1C. The molecule has 0 aliphatic carbocycles. The van der Waals surface area contributed by atoms with Crippen molar-refractivity contribution in [1.29, 1.82) is 0 Å². The average molecular weight is 352 g/mol. The van der Waals surface area contributed by atoms with Crippen molar-refractivity contribution in [2.24, 2.45) is 7.05 Å². The summed E-state index contributed by atoms with van der Waals surface area (Å²) >= 11 is 0. The van der Waals surface area contributed by atoms with E-state index in [4.69, 9.17) is 4.74 Å². The Morgan fingerprint density at radius 3 is 2.54 bits per heavy atom. The molecule has 6 heteroatoms. The number of para-hydroxylation sites is 1. The van der Waals surface area contributed by atoms with E-state index in [0.29, 0.717) is 23.1 Å². The van der Waals surface area contributed by atoms with E-state index in [9.17, 15) is 14.4 Å². The number of hydrogen-bond acceptors (Lipinski definition) is 4. The summed E-state index contributed by atoms with van der Waals surface area (Å²) in [5, 5.41) is 0.408. The van der Waals surface area contributed by atoms with Gasteiger partial charge in [-0.2, -0.15) is 0 Å². The van der Waals surface area contributed by atoms with Crippen LogP contribution in [0.1, 0.15) is 22.8 Å². The number of rotatable bonds is 5. The van der Waals surface area contributed by atoms with Gasteiger partial charge in [-0.05, 0) is 49.7 Å². The molecule has 3 rings (SSSR count). The first-order valence-corrected chi connectivity index (χ1v) is 8.39. The largest absolute Gasteiger partial charge is 0.494 e. The molecule has 134 valence electrons. The van der Waals surface area contributed by atoms with Crippen molar-refractivity contribution < 1.29 is 9.53 Å². The molecule has 0 unspecified atom stereocenters. The number of aromatic nitrogens is 2. The van der Waals surface area contributed by atoms with Crippen molar-refractivity contribution in [2.45, 2.75) is 20.4 Å². The Hall–Kier alpha value is -3.15. The number of carbonyl (C=O) groups excluding carboxylic acids is 1. The van der Waals surface area contributed by atoms with Crippen LogP contribution in [0.3, 0.4) is 0 Å². The van der Waals surface area contributed by atoms with Crippen LogP contribution in [0.15, 0.2) is 52.1 Å². The minimum atomic E-state index is -0.510. The van der Waals surface area contributed by atoms with Gasteiger partial charge in [-0.25, -0.2) is 4.79 Å². The lowest BCUT2D eigenvalue weighted by molar-refractivity contribution is 0.0971. The molecule has 0 aliphatic rings. The van der Waals surface area contributed by atoms with Gasteiger partial charge >= 0.3 is 5.69 Å². The van der Waals surface area contributed by atoms with Gasteiger partial charge in [0.1, 0.15) is 5.75 Å². The maximum Gasteiger partial charge on any atom is 0.331 e. The van der Waals surface area contributed by atoms with Crippen LogP contribution in [0.25, 0.3) is 10.9 Å². The molecule has 0 bridgehead atoms. The van der Waals surface area contributed by atoms with Crippen LogP contribution in [0, 0.1) is 6.92 Å². The lowest BCUT2D eigenvalue weighted by Crippen LogP contribution is -2.39. The topological polar surface area (TPSA) is 70.3 Å². The summed E-state index contributed by atoms with van der Waals surface area (Å²) in [4.78, 5) is 37.5. The van der Waals surface area contributed by atoms with Crippen molar-refractivity contribution in [2.75, 3.05) is 6.61 Å². The number of aryl methyl sites for hydroxylation is 1. The number of nitrogens with zero attached hydrogens (tertiary/aromatic N) is 2. The maximum absolute atomic E-state index is 12.7. The average Bonchev–Trinajstić information content (AvgIpc) is 2.65. The van der Waals surface area contributed by atoms with E-state index in [1.807, 2.05) is 13.8 Å². The zero-order chi connectivity index (χ0) is 18.8. The van der Waals surface area contributed by atoms with Gasteiger partial charge in [-0.15, -0.1) is 0 Å². The van der Waals surface area contributed by atoms with Crippen LogP contribution in [-0.2, 0) is 13.6 Å². The summed E-state index contributed by atoms with van der Waals surface area (Å²) in [5.41, 5.74) is 0.929. The Bertz CT molecular complexity index is 1110. The molecule has 0 fully saturated rings. The molecule has 0 aliphatic heterocycles. The number of ketones is 1. The monoisotopic (exact) mass is 352 g/mol. The van der Waals surface area contributed by atoms with Crippen LogP contribution in [0.4, 0.5) is 0 Å². The van der Waals surface area contributed by atoms with E-state index in [2.05, 4.69) is 0 Å². The first-order chi connectivity index (χ1) is 12.4. The molecule has 0 radical (unpaired) electrons. The van der Waals surface area contributed by atoms with Crippen molar-refractivity contribution in [3.8, 4) is 5.75 Å².